The van der Waals surface area contributed by atoms with Gasteiger partial charge >= 0.3 is 10.2 Å². The van der Waals surface area contributed by atoms with Crippen LogP contribution < -0.4 is 30.0 Å². The molecule has 1 unspecified atom stereocenters. The molecule has 4 fully saturated rings. The second-order valence-electron chi connectivity index (χ2n) is 17.9. The summed E-state index contributed by atoms with van der Waals surface area (Å²) < 4.78 is 71.2. The third-order valence-electron chi connectivity index (χ3n) is 13.4. The topological polar surface area (TPSA) is 242 Å². The zero-order valence-corrected chi connectivity index (χ0v) is 38.2. The number of rotatable bonds is 12. The smallest absolute Gasteiger partial charge is 0.301 e. The number of nitriles is 1. The van der Waals surface area contributed by atoms with Gasteiger partial charge in [-0.25, -0.2) is 23.7 Å². The van der Waals surface area contributed by atoms with Gasteiger partial charge in [0, 0.05) is 52.2 Å². The van der Waals surface area contributed by atoms with Crippen molar-refractivity contribution in [1.29, 1.82) is 5.26 Å². The third kappa shape index (κ3) is 9.12. The fourth-order valence-electron chi connectivity index (χ4n) is 9.64. The minimum Gasteiger partial charge on any atom is -0.490 e. The molecule has 5 aromatic rings. The molecule has 362 valence electrons. The van der Waals surface area contributed by atoms with E-state index in [0.29, 0.717) is 28.8 Å². The number of carbonyl (C=O) groups excluding carboxylic acids is 4. The van der Waals surface area contributed by atoms with Gasteiger partial charge in [0.2, 0.25) is 17.8 Å². The van der Waals surface area contributed by atoms with Crippen LogP contribution in [0.1, 0.15) is 71.2 Å². The average Bonchev–Trinajstić information content (AvgIpc) is 3.91. The number of alkyl halides is 1. The molecule has 0 radical (unpaired) electrons. The molecular weight excluding hydrogens is 933 g/mol. The molecule has 0 bridgehead atoms. The highest BCUT2D eigenvalue weighted by Crippen LogP contribution is 2.36. The standard InChI is InChI=1S/C47H45F2N11O9S/c48-28-11-18-58(25-28)70(66,67)55-39-6-4-37(49)42(36(39)21-50)69-32-2-5-38-35(20-32)44(63)59(26-53-38)29-22-51-47(52-23-29)57-16-9-27(10-17-57)24-56-14-12-30(13-15-56)68-31-1-3-33-34(19-31)46(65)60(45(33)64)40-7-8-41(61)54-43(40)62/h1-6,19-20,22-23,26-28,30,40,55H,7-18,24-25H2,(H,54,61,62)/t28-,40?/m1/s1. The highest BCUT2D eigenvalue weighted by molar-refractivity contribution is 7.90. The summed E-state index contributed by atoms with van der Waals surface area (Å²) in [6.45, 7) is 3.69. The van der Waals surface area contributed by atoms with E-state index in [4.69, 9.17) is 9.47 Å². The van der Waals surface area contributed by atoms with E-state index in [1.807, 2.05) is 0 Å². The van der Waals surface area contributed by atoms with E-state index in [-0.39, 0.29) is 66.4 Å². The molecule has 20 nitrogen and oxygen atoms in total. The first kappa shape index (κ1) is 46.3. The minimum atomic E-state index is -4.26. The van der Waals surface area contributed by atoms with Gasteiger partial charge in [-0.1, -0.05) is 0 Å². The van der Waals surface area contributed by atoms with Crippen molar-refractivity contribution in [2.75, 3.05) is 55.4 Å². The molecule has 2 aromatic heterocycles. The number of benzene rings is 3. The van der Waals surface area contributed by atoms with Crippen molar-refractivity contribution >= 4 is 56.4 Å². The molecule has 5 aliphatic rings. The van der Waals surface area contributed by atoms with Crippen LogP contribution in [0.3, 0.4) is 0 Å². The summed E-state index contributed by atoms with van der Waals surface area (Å²) in [4.78, 5) is 83.2. The van der Waals surface area contributed by atoms with Gasteiger partial charge in [-0.3, -0.25) is 43.5 Å². The van der Waals surface area contributed by atoms with Crippen molar-refractivity contribution in [1.82, 2.24) is 38.9 Å². The van der Waals surface area contributed by atoms with Gasteiger partial charge in [-0.05, 0) is 93.0 Å². The van der Waals surface area contributed by atoms with Crippen LogP contribution >= 0.6 is 0 Å². The lowest BCUT2D eigenvalue weighted by Gasteiger charge is -2.37. The van der Waals surface area contributed by atoms with Crippen LogP contribution in [-0.2, 0) is 19.8 Å². The molecule has 70 heavy (non-hydrogen) atoms. The van der Waals surface area contributed by atoms with Crippen LogP contribution in [0.4, 0.5) is 20.4 Å². The molecule has 0 saturated carbocycles. The van der Waals surface area contributed by atoms with Crippen LogP contribution in [-0.4, -0.2) is 130 Å². The number of nitrogens with zero attached hydrogens (tertiary/aromatic N) is 9. The lowest BCUT2D eigenvalue weighted by atomic mass is 9.95. The number of fused-ring (bicyclic) bond motifs is 2. The maximum Gasteiger partial charge on any atom is 0.301 e. The van der Waals surface area contributed by atoms with E-state index in [1.165, 1.54) is 41.5 Å². The predicted octanol–water partition coefficient (Wildman–Crippen LogP) is 3.84. The molecule has 4 amide bonds. The van der Waals surface area contributed by atoms with Gasteiger partial charge in [0.05, 0.1) is 45.8 Å². The first-order valence-corrected chi connectivity index (χ1v) is 24.3. The zero-order valence-electron chi connectivity index (χ0n) is 37.4. The molecule has 2 N–H and O–H groups in total. The van der Waals surface area contributed by atoms with Crippen LogP contribution in [0.25, 0.3) is 16.6 Å². The van der Waals surface area contributed by atoms with E-state index in [2.05, 4.69) is 34.8 Å². The van der Waals surface area contributed by atoms with Crippen molar-refractivity contribution in [3.63, 3.8) is 0 Å². The molecule has 2 atom stereocenters. The van der Waals surface area contributed by atoms with Crippen LogP contribution in [0.2, 0.25) is 0 Å². The van der Waals surface area contributed by atoms with Crippen molar-refractivity contribution in [3.05, 3.63) is 100 Å². The van der Waals surface area contributed by atoms with Crippen molar-refractivity contribution in [2.45, 2.75) is 63.3 Å². The van der Waals surface area contributed by atoms with Gasteiger partial charge in [-0.2, -0.15) is 18.0 Å². The molecule has 0 spiro atoms. The second-order valence-corrected chi connectivity index (χ2v) is 19.6. The Kier molecular flexibility index (Phi) is 12.5. The summed E-state index contributed by atoms with van der Waals surface area (Å²) in [6.07, 6.45) is 6.60. The Labute approximate surface area is 399 Å². The van der Waals surface area contributed by atoms with Gasteiger partial charge in [-0.15, -0.1) is 0 Å². The fraction of sp³-hybridized carbons (Fsp3) is 0.383. The van der Waals surface area contributed by atoms with Gasteiger partial charge in [0.15, 0.2) is 11.6 Å². The Balaban J connectivity index is 0.721. The van der Waals surface area contributed by atoms with E-state index < -0.39 is 68.7 Å². The van der Waals surface area contributed by atoms with E-state index >= 15 is 4.39 Å². The Morgan fingerprint density at radius 2 is 1.59 bits per heavy atom. The highest BCUT2D eigenvalue weighted by atomic mass is 32.2. The largest absolute Gasteiger partial charge is 0.490 e. The van der Waals surface area contributed by atoms with Gasteiger partial charge in [0.25, 0.3) is 17.4 Å². The molecule has 23 heteroatoms. The lowest BCUT2D eigenvalue weighted by Crippen LogP contribution is -2.54. The number of imide groups is 2. The minimum absolute atomic E-state index is 0.0254. The Morgan fingerprint density at radius 1 is 0.843 bits per heavy atom. The van der Waals surface area contributed by atoms with Crippen molar-refractivity contribution in [3.8, 4) is 29.0 Å². The van der Waals surface area contributed by atoms with Gasteiger partial charge in [0.1, 0.15) is 47.8 Å². The number of hydrogen-bond donors (Lipinski definition) is 2. The average molecular weight is 978 g/mol. The normalized spacial score (nSPS) is 20.7. The van der Waals surface area contributed by atoms with Gasteiger partial charge < -0.3 is 19.3 Å². The molecule has 5 aliphatic heterocycles. The van der Waals surface area contributed by atoms with E-state index in [9.17, 15) is 42.0 Å². The SMILES string of the molecule is N#Cc1c(NS(=O)(=O)N2CC[C@@H](F)C2)ccc(F)c1Oc1ccc2ncn(-c3cnc(N4CCC(CN5CCC(Oc6ccc7c(c6)C(=O)N(C6CCC(=O)NC6=O)C7=O)CC5)CC4)nc3)c(=O)c2c1. The van der Waals surface area contributed by atoms with Crippen LogP contribution in [0.5, 0.6) is 17.2 Å². The lowest BCUT2D eigenvalue weighted by molar-refractivity contribution is -0.136. The summed E-state index contributed by atoms with van der Waals surface area (Å²) in [6, 6.07) is 11.8. The molecule has 0 aliphatic carbocycles. The summed E-state index contributed by atoms with van der Waals surface area (Å²) in [5, 5.41) is 12.3. The van der Waals surface area contributed by atoms with E-state index in [1.54, 1.807) is 24.3 Å². The first-order valence-electron chi connectivity index (χ1n) is 22.9. The second kappa shape index (κ2) is 18.8. The third-order valence-corrected chi connectivity index (χ3v) is 14.9. The Bertz CT molecular complexity index is 3150. The number of likely N-dealkylation sites (tertiary alicyclic amines) is 1. The number of carbonyl (C=O) groups is 4. The maximum atomic E-state index is 15.2. The number of hydrogen-bond acceptors (Lipinski definition) is 15. The Hall–Kier alpha value is -7.42. The Morgan fingerprint density at radius 3 is 2.30 bits per heavy atom. The van der Waals surface area contributed by atoms with Crippen LogP contribution in [0, 0.1) is 23.1 Å². The van der Waals surface area contributed by atoms with Crippen molar-refractivity contribution < 1.29 is 45.9 Å². The number of nitrogens with one attached hydrogen (secondary N) is 2. The molecule has 3 aromatic carbocycles. The first-order chi connectivity index (χ1) is 33.7. The van der Waals surface area contributed by atoms with Crippen LogP contribution in [0.15, 0.2) is 72.0 Å². The fourth-order valence-corrected chi connectivity index (χ4v) is 10.9. The zero-order chi connectivity index (χ0) is 48.8. The summed E-state index contributed by atoms with van der Waals surface area (Å²) in [5.74, 6) is -2.32. The van der Waals surface area contributed by atoms with E-state index in [0.717, 1.165) is 79.7 Å². The summed E-state index contributed by atoms with van der Waals surface area (Å²) in [7, 11) is -4.26. The predicted molar refractivity (Wildman–Crippen MR) is 246 cm³/mol. The maximum absolute atomic E-state index is 15.2. The molecule has 4 saturated heterocycles. The summed E-state index contributed by atoms with van der Waals surface area (Å²) in [5.41, 5.74) is -0.167. The highest BCUT2D eigenvalue weighted by Gasteiger charge is 2.45. The molecular formula is C47H45F2N11O9S. The van der Waals surface area contributed by atoms with Crippen molar-refractivity contribution in [2.24, 2.45) is 5.92 Å². The number of halogens is 2. The monoisotopic (exact) mass is 977 g/mol. The number of anilines is 2. The number of piperidine rings is 3. The number of amides is 4. The summed E-state index contributed by atoms with van der Waals surface area (Å²) >= 11 is 0. The quantitative estimate of drug-likeness (QED) is 0.169. The molecule has 7 heterocycles. The number of ether oxygens (including phenoxy) is 2. The molecule has 10 rings (SSSR count). The number of aromatic nitrogens is 4.